The molecule has 1 spiro atoms. The molecule has 1 unspecified atom stereocenters. The summed E-state index contributed by atoms with van der Waals surface area (Å²) in [5.41, 5.74) is 15.0. The molecule has 1 aliphatic heterocycles. The van der Waals surface area contributed by atoms with Gasteiger partial charge in [-0.3, -0.25) is 0 Å². The molecule has 2 aliphatic rings. The fourth-order valence-corrected chi connectivity index (χ4v) is 12.0. The summed E-state index contributed by atoms with van der Waals surface area (Å²) in [6.45, 7) is 0. The van der Waals surface area contributed by atoms with Crippen LogP contribution in [-0.2, 0) is 5.41 Å². The van der Waals surface area contributed by atoms with Crippen LogP contribution >= 0.6 is 0 Å². The van der Waals surface area contributed by atoms with Crippen molar-refractivity contribution >= 4 is 82.4 Å². The van der Waals surface area contributed by atoms with Crippen LogP contribution in [-0.4, -0.2) is 4.57 Å². The Morgan fingerprint density at radius 2 is 1.00 bits per heavy atom. The average Bonchev–Trinajstić information content (AvgIpc) is 3.94. The molecule has 15 rings (SSSR count). The van der Waals surface area contributed by atoms with Gasteiger partial charge in [0.1, 0.15) is 22.7 Å². The summed E-state index contributed by atoms with van der Waals surface area (Å²) in [6.07, 6.45) is 0. The third-order valence-corrected chi connectivity index (χ3v) is 14.6. The molecule has 0 N–H and O–H groups in total. The minimum atomic E-state index is -0.624. The first kappa shape index (κ1) is 36.5. The molecule has 0 fully saturated rings. The molecule has 0 bridgehead atoms. The maximum atomic E-state index is 7.16. The van der Waals surface area contributed by atoms with E-state index in [2.05, 4.69) is 234 Å². The van der Waals surface area contributed by atoms with E-state index in [1.165, 1.54) is 43.8 Å². The second-order valence-corrected chi connectivity index (χ2v) is 17.9. The molecule has 4 nitrogen and oxygen atoms in total. The van der Waals surface area contributed by atoms with Gasteiger partial charge in [-0.15, -0.1) is 0 Å². The van der Waals surface area contributed by atoms with Crippen molar-refractivity contribution in [1.29, 1.82) is 0 Å². The van der Waals surface area contributed by atoms with Gasteiger partial charge in [0.15, 0.2) is 0 Å². The van der Waals surface area contributed by atoms with Gasteiger partial charge in [0.2, 0.25) is 0 Å². The van der Waals surface area contributed by atoms with E-state index < -0.39 is 5.41 Å². The molecule has 1 atom stereocenters. The number of rotatable bonds is 4. The van der Waals surface area contributed by atoms with Gasteiger partial charge in [-0.1, -0.05) is 164 Å². The van der Waals surface area contributed by atoms with Crippen LogP contribution in [0.3, 0.4) is 0 Å². The van der Waals surface area contributed by atoms with Crippen molar-refractivity contribution in [3.8, 4) is 28.3 Å². The van der Waals surface area contributed by atoms with Crippen molar-refractivity contribution in [2.24, 2.45) is 0 Å². The molecular formula is C63H38N2O2. The zero-order valence-electron chi connectivity index (χ0n) is 36.2. The summed E-state index contributed by atoms with van der Waals surface area (Å²) >= 11 is 0. The zero-order chi connectivity index (χ0) is 43.8. The standard InChI is InChI=1S/C63H38N2O2/c1-2-19-43-39(15-1)16-13-28-53(43)64(41-34-36-55-48(37-41)45-21-4-8-27-54(45)65(55)56-29-14-32-59-62(56)47-22-5-9-30-57(47)66-59)42-33-35-51-60(38-42)67-58-31-10-7-25-50(58)63(51)49-24-6-3-20-44(49)46-23-11-17-40-18-12-26-52(63)61(40)46/h1-38H. The van der Waals surface area contributed by atoms with E-state index >= 15 is 0 Å². The van der Waals surface area contributed by atoms with Gasteiger partial charge in [0, 0.05) is 50.1 Å². The molecule has 0 amide bonds. The maximum absolute atomic E-state index is 7.16. The van der Waals surface area contributed by atoms with E-state index in [4.69, 9.17) is 9.15 Å². The Labute approximate surface area is 385 Å². The summed E-state index contributed by atoms with van der Waals surface area (Å²) in [5.74, 6) is 1.70. The summed E-state index contributed by atoms with van der Waals surface area (Å²) < 4.78 is 16.0. The Hall–Kier alpha value is -8.86. The smallest absolute Gasteiger partial charge is 0.137 e. The van der Waals surface area contributed by atoms with Gasteiger partial charge >= 0.3 is 0 Å². The Bertz CT molecular complexity index is 4220. The van der Waals surface area contributed by atoms with Gasteiger partial charge in [-0.2, -0.15) is 0 Å². The van der Waals surface area contributed by atoms with Gasteiger partial charge in [0.25, 0.3) is 0 Å². The lowest BCUT2D eigenvalue weighted by molar-refractivity contribution is 0.435. The molecule has 3 heterocycles. The van der Waals surface area contributed by atoms with Crippen LogP contribution in [0.5, 0.6) is 11.5 Å². The van der Waals surface area contributed by atoms with Crippen LogP contribution in [0, 0.1) is 0 Å². The second-order valence-electron chi connectivity index (χ2n) is 17.9. The minimum Gasteiger partial charge on any atom is -0.457 e. The summed E-state index contributed by atoms with van der Waals surface area (Å²) in [5, 5.41) is 9.42. The number of fused-ring (bicyclic) bond motifs is 15. The van der Waals surface area contributed by atoms with Crippen molar-refractivity contribution in [3.63, 3.8) is 0 Å². The number of benzene rings is 11. The second kappa shape index (κ2) is 13.6. The zero-order valence-corrected chi connectivity index (χ0v) is 36.2. The molecule has 2 aromatic heterocycles. The quantitative estimate of drug-likeness (QED) is 0.177. The van der Waals surface area contributed by atoms with E-state index in [1.54, 1.807) is 0 Å². The highest BCUT2D eigenvalue weighted by Crippen LogP contribution is 2.62. The number of hydrogen-bond acceptors (Lipinski definition) is 3. The topological polar surface area (TPSA) is 30.5 Å². The van der Waals surface area contributed by atoms with Crippen molar-refractivity contribution < 1.29 is 9.15 Å². The van der Waals surface area contributed by atoms with Crippen LogP contribution in [0.1, 0.15) is 22.3 Å². The molecule has 0 radical (unpaired) electrons. The van der Waals surface area contributed by atoms with Crippen molar-refractivity contribution in [1.82, 2.24) is 4.57 Å². The van der Waals surface area contributed by atoms with E-state index in [-0.39, 0.29) is 0 Å². The Kier molecular flexibility index (Phi) is 7.40. The molecule has 13 aromatic rings. The van der Waals surface area contributed by atoms with Gasteiger partial charge in [-0.25, -0.2) is 0 Å². The lowest BCUT2D eigenvalue weighted by Gasteiger charge is -2.45. The lowest BCUT2D eigenvalue weighted by Crippen LogP contribution is -2.36. The maximum Gasteiger partial charge on any atom is 0.137 e. The number of ether oxygens (including phenoxy) is 1. The fourth-order valence-electron chi connectivity index (χ4n) is 12.0. The molecule has 312 valence electrons. The summed E-state index contributed by atoms with van der Waals surface area (Å²) in [7, 11) is 0. The molecule has 67 heavy (non-hydrogen) atoms. The number of para-hydroxylation sites is 3. The Balaban J connectivity index is 0.991. The number of aromatic nitrogens is 1. The highest BCUT2D eigenvalue weighted by Gasteiger charge is 2.49. The van der Waals surface area contributed by atoms with Crippen molar-refractivity contribution in [2.45, 2.75) is 5.41 Å². The largest absolute Gasteiger partial charge is 0.457 e. The van der Waals surface area contributed by atoms with Gasteiger partial charge in [-0.05, 0) is 99.1 Å². The van der Waals surface area contributed by atoms with E-state index in [1.807, 2.05) is 6.07 Å². The normalized spacial score (nSPS) is 14.7. The third-order valence-electron chi connectivity index (χ3n) is 14.6. The molecule has 4 heteroatoms. The first-order chi connectivity index (χ1) is 33.2. The minimum absolute atomic E-state index is 0.624. The van der Waals surface area contributed by atoms with E-state index in [0.29, 0.717) is 0 Å². The van der Waals surface area contributed by atoms with Gasteiger partial charge < -0.3 is 18.6 Å². The monoisotopic (exact) mass is 854 g/mol. The van der Waals surface area contributed by atoms with Crippen LogP contribution in [0.4, 0.5) is 17.1 Å². The SMILES string of the molecule is c1ccc2c(c1)Oc1cc(N(c3ccc4c(c3)c3ccccc3n4-c3cccc4oc5ccccc5c34)c3cccc4ccccc34)ccc1C21c2ccccc2-c2cccc3cccc1c23. The first-order valence-electron chi connectivity index (χ1n) is 23.0. The van der Waals surface area contributed by atoms with Crippen molar-refractivity contribution in [3.05, 3.63) is 253 Å². The molecule has 1 aliphatic carbocycles. The highest BCUT2D eigenvalue weighted by molar-refractivity contribution is 6.15. The van der Waals surface area contributed by atoms with Crippen LogP contribution in [0.15, 0.2) is 235 Å². The third kappa shape index (κ3) is 4.91. The van der Waals surface area contributed by atoms with Gasteiger partial charge in [0.05, 0.1) is 33.2 Å². The Morgan fingerprint density at radius 3 is 1.94 bits per heavy atom. The Morgan fingerprint density at radius 1 is 0.373 bits per heavy atom. The molecule has 0 saturated heterocycles. The highest BCUT2D eigenvalue weighted by atomic mass is 16.5. The molecule has 0 saturated carbocycles. The average molecular weight is 855 g/mol. The fraction of sp³-hybridized carbons (Fsp3) is 0.0159. The van der Waals surface area contributed by atoms with E-state index in [9.17, 15) is 0 Å². The molecule has 11 aromatic carbocycles. The number of furan rings is 1. The number of nitrogens with zero attached hydrogens (tertiary/aromatic N) is 2. The van der Waals surface area contributed by atoms with Crippen LogP contribution < -0.4 is 9.64 Å². The lowest BCUT2D eigenvalue weighted by atomic mass is 9.58. The van der Waals surface area contributed by atoms with Crippen molar-refractivity contribution in [2.75, 3.05) is 4.90 Å². The summed E-state index contributed by atoms with van der Waals surface area (Å²) in [6, 6.07) is 83.8. The number of anilines is 3. The first-order valence-corrected chi connectivity index (χ1v) is 23.0. The predicted octanol–water partition coefficient (Wildman–Crippen LogP) is 16.9. The molecular weight excluding hydrogens is 817 g/mol. The van der Waals surface area contributed by atoms with E-state index in [0.717, 1.165) is 89.1 Å². The summed E-state index contributed by atoms with van der Waals surface area (Å²) in [4.78, 5) is 2.42. The predicted molar refractivity (Wildman–Crippen MR) is 275 cm³/mol. The van der Waals surface area contributed by atoms with Crippen LogP contribution in [0.2, 0.25) is 0 Å². The van der Waals surface area contributed by atoms with Crippen LogP contribution in [0.25, 0.3) is 82.1 Å². The number of hydrogen-bond donors (Lipinski definition) is 0.